The predicted octanol–water partition coefficient (Wildman–Crippen LogP) is 10.6. The first-order chi connectivity index (χ1) is 25.4. The number of allylic oxidation sites excluding steroid dienone is 2. The first-order valence-electron chi connectivity index (χ1n) is 17.4. The summed E-state index contributed by atoms with van der Waals surface area (Å²) in [5.41, 5.74) is 5.92. The third-order valence-corrected chi connectivity index (χ3v) is 9.15. The van der Waals surface area contributed by atoms with Crippen molar-refractivity contribution in [2.75, 3.05) is 0 Å². The molecule has 254 valence electrons. The molecule has 6 aromatic rings. The molecule has 2 atom stereocenters. The number of hydrogen-bond donors (Lipinski definition) is 0. The van der Waals surface area contributed by atoms with E-state index in [0.29, 0.717) is 28.7 Å². The fraction of sp³-hybridized carbons (Fsp3) is 0.0833. The van der Waals surface area contributed by atoms with Crippen molar-refractivity contribution in [2.45, 2.75) is 18.8 Å². The lowest BCUT2D eigenvalue weighted by Gasteiger charge is -2.27. The summed E-state index contributed by atoms with van der Waals surface area (Å²) in [5.74, 6) is -1.24. The highest BCUT2D eigenvalue weighted by atomic mass is 16.1. The maximum atomic E-state index is 14.4. The molecule has 6 rings (SSSR count). The molecule has 0 aliphatic rings. The summed E-state index contributed by atoms with van der Waals surface area (Å²) in [6, 6.07) is 52.2. The summed E-state index contributed by atoms with van der Waals surface area (Å²) < 4.78 is 0. The van der Waals surface area contributed by atoms with Crippen LogP contribution in [0.3, 0.4) is 0 Å². The number of carbonyl (C=O) groups is 4. The van der Waals surface area contributed by atoms with Crippen LogP contribution < -0.4 is 0 Å². The molecule has 52 heavy (non-hydrogen) atoms. The topological polar surface area (TPSA) is 68.3 Å². The number of ketones is 4. The van der Waals surface area contributed by atoms with Crippen LogP contribution in [0, 0.1) is 5.92 Å². The molecule has 0 saturated heterocycles. The molecule has 0 radical (unpaired) electrons. The van der Waals surface area contributed by atoms with Gasteiger partial charge in [0.05, 0.1) is 0 Å². The van der Waals surface area contributed by atoms with Crippen molar-refractivity contribution in [1.82, 2.24) is 0 Å². The Morgan fingerprint density at radius 1 is 0.442 bits per heavy atom. The van der Waals surface area contributed by atoms with Gasteiger partial charge < -0.3 is 0 Å². The first kappa shape index (κ1) is 35.3. The third-order valence-electron chi connectivity index (χ3n) is 9.15. The number of benzene rings is 6. The molecule has 6 aromatic carbocycles. The molecule has 4 nitrogen and oxygen atoms in total. The van der Waals surface area contributed by atoms with Crippen molar-refractivity contribution < 1.29 is 19.2 Å². The minimum Gasteiger partial charge on any atom is -0.294 e. The Hall–Kier alpha value is -6.52. The maximum Gasteiger partial charge on any atom is 0.185 e. The summed E-state index contributed by atoms with van der Waals surface area (Å²) in [4.78, 5) is 53.5. The summed E-state index contributed by atoms with van der Waals surface area (Å²) in [6.45, 7) is 0. The van der Waals surface area contributed by atoms with E-state index in [2.05, 4.69) is 0 Å². The van der Waals surface area contributed by atoms with Crippen LogP contribution in [0.4, 0.5) is 0 Å². The van der Waals surface area contributed by atoms with E-state index in [9.17, 15) is 19.2 Å². The Labute approximate surface area is 304 Å². The second kappa shape index (κ2) is 17.4. The van der Waals surface area contributed by atoms with Gasteiger partial charge in [-0.1, -0.05) is 182 Å². The van der Waals surface area contributed by atoms with E-state index < -0.39 is 11.8 Å². The van der Waals surface area contributed by atoms with Gasteiger partial charge in [0, 0.05) is 40.5 Å². The van der Waals surface area contributed by atoms with Crippen molar-refractivity contribution in [2.24, 2.45) is 5.92 Å². The Bertz CT molecular complexity index is 2170. The molecule has 0 saturated carbocycles. The van der Waals surface area contributed by atoms with E-state index in [1.165, 1.54) is 0 Å². The van der Waals surface area contributed by atoms with Gasteiger partial charge in [-0.05, 0) is 40.8 Å². The monoisotopic (exact) mass is 678 g/mol. The Balaban J connectivity index is 1.30. The zero-order valence-corrected chi connectivity index (χ0v) is 28.7. The molecule has 0 heterocycles. The lowest BCUT2D eigenvalue weighted by molar-refractivity contribution is 0.0873. The van der Waals surface area contributed by atoms with Crippen LogP contribution in [-0.2, 0) is 6.42 Å². The van der Waals surface area contributed by atoms with Gasteiger partial charge in [0.1, 0.15) is 0 Å². The van der Waals surface area contributed by atoms with Gasteiger partial charge in [-0.25, -0.2) is 0 Å². The van der Waals surface area contributed by atoms with Gasteiger partial charge >= 0.3 is 0 Å². The van der Waals surface area contributed by atoms with Gasteiger partial charge in [0.15, 0.2) is 23.1 Å². The highest BCUT2D eigenvalue weighted by Crippen LogP contribution is 2.35. The zero-order valence-electron chi connectivity index (χ0n) is 28.7. The zero-order chi connectivity index (χ0) is 36.1. The quantitative estimate of drug-likeness (QED) is 0.0801. The second-order valence-corrected chi connectivity index (χ2v) is 12.7. The number of carbonyl (C=O) groups excluding carboxylic acids is 4. The van der Waals surface area contributed by atoms with Gasteiger partial charge in [-0.3, -0.25) is 19.2 Å². The van der Waals surface area contributed by atoms with Crippen molar-refractivity contribution >= 4 is 35.3 Å². The van der Waals surface area contributed by atoms with Crippen molar-refractivity contribution in [1.29, 1.82) is 0 Å². The molecule has 0 bridgehead atoms. The van der Waals surface area contributed by atoms with Crippen LogP contribution in [0.1, 0.15) is 76.0 Å². The highest BCUT2D eigenvalue weighted by molar-refractivity contribution is 6.07. The van der Waals surface area contributed by atoms with Gasteiger partial charge in [-0.15, -0.1) is 0 Å². The van der Waals surface area contributed by atoms with Crippen LogP contribution in [0.2, 0.25) is 0 Å². The molecule has 0 aliphatic carbocycles. The standard InChI is InChI=1S/C48H38O4/c49-45(39-13-5-1-6-14-39)31-27-35-21-23-37(24-22-35)33-44(48(52)42-19-11-4-12-20-42)43(34-47(51)41-17-9-3-10-18-41)38-29-25-36(26-30-38)28-32-46(50)40-15-7-2-8-16-40/h1-32,43-44H,33-34H2/b31-27+,32-28+. The molecule has 0 amide bonds. The van der Waals surface area contributed by atoms with Gasteiger partial charge in [0.25, 0.3) is 0 Å². The molecular formula is C48H38O4. The molecule has 2 unspecified atom stereocenters. The molecule has 0 fully saturated rings. The lowest BCUT2D eigenvalue weighted by Crippen LogP contribution is -2.27. The number of Topliss-reactive ketones (excluding diaryl/α,β-unsaturated/α-hetero) is 2. The summed E-state index contributed by atoms with van der Waals surface area (Å²) >= 11 is 0. The third kappa shape index (κ3) is 9.38. The van der Waals surface area contributed by atoms with Crippen LogP contribution in [-0.4, -0.2) is 23.1 Å². The molecule has 4 heteroatoms. The van der Waals surface area contributed by atoms with Crippen LogP contribution in [0.25, 0.3) is 12.2 Å². The average molecular weight is 679 g/mol. The highest BCUT2D eigenvalue weighted by Gasteiger charge is 2.32. The Morgan fingerprint density at radius 2 is 0.846 bits per heavy atom. The van der Waals surface area contributed by atoms with Gasteiger partial charge in [-0.2, -0.15) is 0 Å². The number of hydrogen-bond acceptors (Lipinski definition) is 4. The van der Waals surface area contributed by atoms with Gasteiger partial charge in [0.2, 0.25) is 0 Å². The normalized spacial score (nSPS) is 12.4. The number of rotatable bonds is 15. The van der Waals surface area contributed by atoms with Crippen molar-refractivity contribution in [3.8, 4) is 0 Å². The van der Waals surface area contributed by atoms with E-state index in [1.54, 1.807) is 60.7 Å². The maximum absolute atomic E-state index is 14.4. The van der Waals surface area contributed by atoms with E-state index >= 15 is 0 Å². The summed E-state index contributed by atoms with van der Waals surface area (Å²) in [5, 5.41) is 0. The fourth-order valence-electron chi connectivity index (χ4n) is 6.28. The van der Waals surface area contributed by atoms with E-state index in [1.807, 2.05) is 133 Å². The van der Waals surface area contributed by atoms with Crippen LogP contribution in [0.5, 0.6) is 0 Å². The smallest absolute Gasteiger partial charge is 0.185 e. The van der Waals surface area contributed by atoms with Crippen LogP contribution in [0.15, 0.2) is 182 Å². The molecule has 0 aromatic heterocycles. The lowest BCUT2D eigenvalue weighted by atomic mass is 9.75. The van der Waals surface area contributed by atoms with Crippen LogP contribution >= 0.6 is 0 Å². The minimum absolute atomic E-state index is 0.0404. The second-order valence-electron chi connectivity index (χ2n) is 12.7. The molecule has 0 N–H and O–H groups in total. The van der Waals surface area contributed by atoms with E-state index in [4.69, 9.17) is 0 Å². The van der Waals surface area contributed by atoms with E-state index in [0.717, 1.165) is 22.3 Å². The predicted molar refractivity (Wildman–Crippen MR) is 209 cm³/mol. The first-order valence-corrected chi connectivity index (χ1v) is 17.4. The van der Waals surface area contributed by atoms with Crippen molar-refractivity contribution in [3.63, 3.8) is 0 Å². The molecular weight excluding hydrogens is 641 g/mol. The molecule has 0 spiro atoms. The SMILES string of the molecule is O=C(/C=C/c1ccc(CC(C(=O)c2ccccc2)C(CC(=O)c2ccccc2)c2ccc(/C=C/C(=O)c3ccccc3)cc2)cc1)c1ccccc1. The summed E-state index contributed by atoms with van der Waals surface area (Å²) in [6.07, 6.45) is 7.22. The minimum atomic E-state index is -0.558. The average Bonchev–Trinajstić information content (AvgIpc) is 3.22. The van der Waals surface area contributed by atoms with Crippen molar-refractivity contribution in [3.05, 3.63) is 227 Å². The Kier molecular flexibility index (Phi) is 11.8. The molecule has 0 aliphatic heterocycles. The Morgan fingerprint density at radius 3 is 1.31 bits per heavy atom. The fourth-order valence-corrected chi connectivity index (χ4v) is 6.28. The largest absolute Gasteiger partial charge is 0.294 e. The van der Waals surface area contributed by atoms with E-state index in [-0.39, 0.29) is 29.6 Å². The summed E-state index contributed by atoms with van der Waals surface area (Å²) in [7, 11) is 0.